The average Bonchev–Trinajstić information content (AvgIpc) is 3.08. The molecule has 0 unspecified atom stereocenters. The largest absolute Gasteiger partial charge is 0.377 e. The van der Waals surface area contributed by atoms with E-state index in [1.54, 1.807) is 28.9 Å². The van der Waals surface area contributed by atoms with E-state index in [-0.39, 0.29) is 4.90 Å². The molecule has 26 heavy (non-hydrogen) atoms. The molecule has 0 aliphatic carbocycles. The Balaban J connectivity index is 1.84. The molecule has 0 saturated heterocycles. The summed E-state index contributed by atoms with van der Waals surface area (Å²) in [7, 11) is -3.23. The molecule has 0 spiro atoms. The third-order valence-electron chi connectivity index (χ3n) is 4.21. The standard InChI is InChI=1S/C18H21N5O2S/c1-4-14-7-5-6-13(2)18(14)19-12-17-20-21-22-23(17)15-8-10-16(11-9-15)26(3,24)25/h5-11,19H,4,12H2,1-3H3. The Morgan fingerprint density at radius 2 is 1.85 bits per heavy atom. The van der Waals surface area contributed by atoms with Crippen LogP contribution in [0.2, 0.25) is 0 Å². The highest BCUT2D eigenvalue weighted by Gasteiger charge is 2.12. The van der Waals surface area contributed by atoms with E-state index in [1.165, 1.54) is 17.4 Å². The van der Waals surface area contributed by atoms with Gasteiger partial charge in [-0.25, -0.2) is 8.42 Å². The number of rotatable bonds is 6. The number of benzene rings is 2. The predicted octanol–water partition coefficient (Wildman–Crippen LogP) is 2.55. The number of anilines is 1. The van der Waals surface area contributed by atoms with Crippen LogP contribution < -0.4 is 5.32 Å². The van der Waals surface area contributed by atoms with E-state index in [2.05, 4.69) is 46.8 Å². The summed E-state index contributed by atoms with van der Waals surface area (Å²) >= 11 is 0. The normalized spacial score (nSPS) is 11.5. The van der Waals surface area contributed by atoms with Crippen LogP contribution >= 0.6 is 0 Å². The molecular weight excluding hydrogens is 350 g/mol. The zero-order valence-electron chi connectivity index (χ0n) is 15.0. The molecule has 1 heterocycles. The van der Waals surface area contributed by atoms with Gasteiger partial charge in [-0.05, 0) is 59.2 Å². The lowest BCUT2D eigenvalue weighted by molar-refractivity contribution is 0.602. The van der Waals surface area contributed by atoms with Crippen LogP contribution in [0.5, 0.6) is 0 Å². The van der Waals surface area contributed by atoms with Crippen LogP contribution in [0.15, 0.2) is 47.4 Å². The first-order valence-electron chi connectivity index (χ1n) is 8.30. The highest BCUT2D eigenvalue weighted by molar-refractivity contribution is 7.90. The Hall–Kier alpha value is -2.74. The van der Waals surface area contributed by atoms with Gasteiger partial charge in [-0.2, -0.15) is 4.68 Å². The molecule has 0 aliphatic rings. The number of nitrogens with zero attached hydrogens (tertiary/aromatic N) is 4. The number of sulfone groups is 1. The van der Waals surface area contributed by atoms with Gasteiger partial charge in [0.1, 0.15) is 0 Å². The predicted molar refractivity (Wildman–Crippen MR) is 100 cm³/mol. The second-order valence-corrected chi connectivity index (χ2v) is 8.10. The van der Waals surface area contributed by atoms with Crippen molar-refractivity contribution in [1.82, 2.24) is 20.2 Å². The van der Waals surface area contributed by atoms with Crippen LogP contribution in [0.3, 0.4) is 0 Å². The minimum Gasteiger partial charge on any atom is -0.377 e. The van der Waals surface area contributed by atoms with Crippen molar-refractivity contribution in [3.8, 4) is 5.69 Å². The molecule has 2 aromatic carbocycles. The molecule has 0 radical (unpaired) electrons. The molecule has 7 nitrogen and oxygen atoms in total. The highest BCUT2D eigenvalue weighted by Crippen LogP contribution is 2.22. The third kappa shape index (κ3) is 3.75. The zero-order chi connectivity index (χ0) is 18.7. The number of nitrogens with one attached hydrogen (secondary N) is 1. The van der Waals surface area contributed by atoms with Crippen molar-refractivity contribution < 1.29 is 8.42 Å². The molecule has 1 aromatic heterocycles. The first-order chi connectivity index (χ1) is 12.4. The smallest absolute Gasteiger partial charge is 0.175 e. The van der Waals surface area contributed by atoms with Crippen molar-refractivity contribution in [1.29, 1.82) is 0 Å². The van der Waals surface area contributed by atoms with Crippen LogP contribution in [0, 0.1) is 6.92 Å². The Kier molecular flexibility index (Phi) is 5.03. The molecule has 0 bridgehead atoms. The van der Waals surface area contributed by atoms with Gasteiger partial charge < -0.3 is 5.32 Å². The van der Waals surface area contributed by atoms with Gasteiger partial charge in [-0.15, -0.1) is 5.10 Å². The molecule has 0 saturated carbocycles. The number of aryl methyl sites for hydroxylation is 2. The van der Waals surface area contributed by atoms with Crippen molar-refractivity contribution in [2.75, 3.05) is 11.6 Å². The van der Waals surface area contributed by atoms with E-state index < -0.39 is 9.84 Å². The van der Waals surface area contributed by atoms with E-state index in [1.807, 2.05) is 6.07 Å². The highest BCUT2D eigenvalue weighted by atomic mass is 32.2. The molecule has 0 aliphatic heterocycles. The van der Waals surface area contributed by atoms with Crippen LogP contribution in [-0.2, 0) is 22.8 Å². The maximum atomic E-state index is 11.6. The van der Waals surface area contributed by atoms with Gasteiger partial charge in [0.2, 0.25) is 0 Å². The SMILES string of the molecule is CCc1cccc(C)c1NCc1nnnn1-c1ccc(S(C)(=O)=O)cc1. The summed E-state index contributed by atoms with van der Waals surface area (Å²) in [4.78, 5) is 0.265. The summed E-state index contributed by atoms with van der Waals surface area (Å²) in [6.07, 6.45) is 2.11. The maximum absolute atomic E-state index is 11.6. The molecule has 0 fully saturated rings. The van der Waals surface area contributed by atoms with Crippen molar-refractivity contribution in [3.05, 3.63) is 59.4 Å². The fourth-order valence-electron chi connectivity index (χ4n) is 2.79. The number of aromatic nitrogens is 4. The van der Waals surface area contributed by atoms with Gasteiger partial charge in [0.25, 0.3) is 0 Å². The average molecular weight is 371 g/mol. The molecular formula is C18H21N5O2S. The van der Waals surface area contributed by atoms with Crippen LogP contribution in [0.25, 0.3) is 5.69 Å². The zero-order valence-corrected chi connectivity index (χ0v) is 15.8. The summed E-state index contributed by atoms with van der Waals surface area (Å²) in [5.41, 5.74) is 4.21. The summed E-state index contributed by atoms with van der Waals surface area (Å²) in [5, 5.41) is 15.3. The number of hydrogen-bond donors (Lipinski definition) is 1. The van der Waals surface area contributed by atoms with E-state index in [4.69, 9.17) is 0 Å². The van der Waals surface area contributed by atoms with Crippen molar-refractivity contribution in [2.24, 2.45) is 0 Å². The van der Waals surface area contributed by atoms with Gasteiger partial charge in [-0.3, -0.25) is 0 Å². The maximum Gasteiger partial charge on any atom is 0.175 e. The summed E-state index contributed by atoms with van der Waals surface area (Å²) in [5.74, 6) is 0.641. The van der Waals surface area contributed by atoms with Crippen molar-refractivity contribution in [3.63, 3.8) is 0 Å². The summed E-state index contributed by atoms with van der Waals surface area (Å²) < 4.78 is 24.8. The van der Waals surface area contributed by atoms with E-state index >= 15 is 0 Å². The second-order valence-electron chi connectivity index (χ2n) is 6.09. The Labute approximate surface area is 153 Å². The monoisotopic (exact) mass is 371 g/mol. The summed E-state index contributed by atoms with van der Waals surface area (Å²) in [6, 6.07) is 12.7. The molecule has 3 rings (SSSR count). The first kappa shape index (κ1) is 18.1. The molecule has 0 amide bonds. The van der Waals surface area contributed by atoms with Gasteiger partial charge >= 0.3 is 0 Å². The molecule has 3 aromatic rings. The number of para-hydroxylation sites is 1. The van der Waals surface area contributed by atoms with Gasteiger partial charge in [0.05, 0.1) is 17.1 Å². The minimum atomic E-state index is -3.23. The van der Waals surface area contributed by atoms with Crippen LogP contribution in [0.4, 0.5) is 5.69 Å². The van der Waals surface area contributed by atoms with Crippen molar-refractivity contribution in [2.45, 2.75) is 31.7 Å². The lowest BCUT2D eigenvalue weighted by Gasteiger charge is -2.13. The quantitative estimate of drug-likeness (QED) is 0.716. The van der Waals surface area contributed by atoms with Gasteiger partial charge in [0.15, 0.2) is 15.7 Å². The Morgan fingerprint density at radius 3 is 2.50 bits per heavy atom. The van der Waals surface area contributed by atoms with Crippen LogP contribution in [-0.4, -0.2) is 34.9 Å². The van der Waals surface area contributed by atoms with E-state index in [0.29, 0.717) is 18.1 Å². The molecule has 0 atom stereocenters. The second kappa shape index (κ2) is 7.25. The Morgan fingerprint density at radius 1 is 1.12 bits per heavy atom. The van der Waals surface area contributed by atoms with E-state index in [0.717, 1.165) is 12.1 Å². The molecule has 8 heteroatoms. The third-order valence-corrected chi connectivity index (χ3v) is 5.34. The van der Waals surface area contributed by atoms with Gasteiger partial charge in [0, 0.05) is 11.9 Å². The topological polar surface area (TPSA) is 89.8 Å². The van der Waals surface area contributed by atoms with Gasteiger partial charge in [-0.1, -0.05) is 25.1 Å². The van der Waals surface area contributed by atoms with E-state index in [9.17, 15) is 8.42 Å². The summed E-state index contributed by atoms with van der Waals surface area (Å²) in [6.45, 7) is 4.64. The number of tetrazole rings is 1. The lowest BCUT2D eigenvalue weighted by atomic mass is 10.1. The molecule has 1 N–H and O–H groups in total. The minimum absolute atomic E-state index is 0.265. The lowest BCUT2D eigenvalue weighted by Crippen LogP contribution is -2.10. The fraction of sp³-hybridized carbons (Fsp3) is 0.278. The Bertz CT molecular complexity index is 1010. The number of hydrogen-bond acceptors (Lipinski definition) is 6. The first-order valence-corrected chi connectivity index (χ1v) is 10.2. The van der Waals surface area contributed by atoms with Crippen LogP contribution in [0.1, 0.15) is 23.9 Å². The van der Waals surface area contributed by atoms with Crippen molar-refractivity contribution >= 4 is 15.5 Å². The fourth-order valence-corrected chi connectivity index (χ4v) is 3.43. The molecule has 136 valence electrons.